The molecule has 2 aromatic heterocycles. The van der Waals surface area contributed by atoms with E-state index in [9.17, 15) is 5.26 Å². The number of pyridine rings is 1. The van der Waals surface area contributed by atoms with Gasteiger partial charge in [0.25, 0.3) is 0 Å². The molecule has 0 spiro atoms. The van der Waals surface area contributed by atoms with E-state index in [2.05, 4.69) is 11.1 Å². The zero-order valence-corrected chi connectivity index (χ0v) is 11.9. The molecule has 3 aromatic rings. The van der Waals surface area contributed by atoms with Crippen LogP contribution in [0.2, 0.25) is 5.15 Å². The molecule has 0 aliphatic heterocycles. The zero-order chi connectivity index (χ0) is 14.0. The van der Waals surface area contributed by atoms with Gasteiger partial charge < -0.3 is 0 Å². The van der Waals surface area contributed by atoms with Gasteiger partial charge in [-0.2, -0.15) is 5.26 Å². The molecule has 0 N–H and O–H groups in total. The van der Waals surface area contributed by atoms with Gasteiger partial charge in [0.05, 0.1) is 16.6 Å². The fourth-order valence-corrected chi connectivity index (χ4v) is 2.37. The summed E-state index contributed by atoms with van der Waals surface area (Å²) in [5.74, 6) is 0. The molecule has 0 atom stereocenters. The molecule has 0 unspecified atom stereocenters. The summed E-state index contributed by atoms with van der Waals surface area (Å²) in [5, 5.41) is 9.76. The third-order valence-electron chi connectivity index (χ3n) is 2.84. The standard InChI is InChI=1S/C13H8ClN3.C2H6/c1-8-6-12(14)17-11-5-3-2-4-10(11)16-13(17)9(8)7-15;1-2/h2-6H,1H3;1-2H3. The van der Waals surface area contributed by atoms with Crippen LogP contribution in [0.1, 0.15) is 25.0 Å². The number of aromatic nitrogens is 2. The number of hydrogen-bond donors (Lipinski definition) is 0. The van der Waals surface area contributed by atoms with Crippen molar-refractivity contribution in [3.05, 3.63) is 46.6 Å². The quantitative estimate of drug-likeness (QED) is 0.571. The molecule has 19 heavy (non-hydrogen) atoms. The topological polar surface area (TPSA) is 41.1 Å². The second kappa shape index (κ2) is 5.29. The van der Waals surface area contributed by atoms with Crippen molar-refractivity contribution in [2.75, 3.05) is 0 Å². The van der Waals surface area contributed by atoms with E-state index in [1.165, 1.54) is 0 Å². The minimum absolute atomic E-state index is 0.574. The normalized spacial score (nSPS) is 10.1. The van der Waals surface area contributed by atoms with E-state index in [0.717, 1.165) is 16.6 Å². The molecule has 3 rings (SSSR count). The Morgan fingerprint density at radius 3 is 2.63 bits per heavy atom. The van der Waals surface area contributed by atoms with Gasteiger partial charge in [-0.25, -0.2) is 4.98 Å². The molecular weight excluding hydrogens is 258 g/mol. The summed E-state index contributed by atoms with van der Waals surface area (Å²) in [7, 11) is 0. The lowest BCUT2D eigenvalue weighted by Crippen LogP contribution is -1.94. The third kappa shape index (κ3) is 2.05. The lowest BCUT2D eigenvalue weighted by Gasteiger charge is -2.03. The van der Waals surface area contributed by atoms with Crippen LogP contribution >= 0.6 is 11.6 Å². The number of halogens is 1. The van der Waals surface area contributed by atoms with Gasteiger partial charge in [0, 0.05) is 0 Å². The molecule has 0 saturated carbocycles. The number of aryl methyl sites for hydroxylation is 1. The Bertz CT molecular complexity index is 781. The van der Waals surface area contributed by atoms with Crippen molar-refractivity contribution in [1.29, 1.82) is 5.26 Å². The fraction of sp³-hybridized carbons (Fsp3) is 0.200. The summed E-state index contributed by atoms with van der Waals surface area (Å²) in [6, 6.07) is 11.7. The maximum Gasteiger partial charge on any atom is 0.157 e. The van der Waals surface area contributed by atoms with Gasteiger partial charge in [0.15, 0.2) is 5.65 Å². The summed E-state index contributed by atoms with van der Waals surface area (Å²) < 4.78 is 1.81. The molecule has 4 heteroatoms. The zero-order valence-electron chi connectivity index (χ0n) is 11.1. The number of rotatable bonds is 0. The number of nitriles is 1. The second-order valence-corrected chi connectivity index (χ2v) is 4.28. The number of para-hydroxylation sites is 2. The van der Waals surface area contributed by atoms with E-state index >= 15 is 0 Å². The van der Waals surface area contributed by atoms with Crippen LogP contribution in [-0.4, -0.2) is 9.38 Å². The smallest absolute Gasteiger partial charge is 0.157 e. The van der Waals surface area contributed by atoms with Gasteiger partial charge in [-0.3, -0.25) is 4.40 Å². The molecule has 2 heterocycles. The van der Waals surface area contributed by atoms with Crippen molar-refractivity contribution >= 4 is 28.3 Å². The number of imidazole rings is 1. The first-order chi connectivity index (χ1) is 9.22. The van der Waals surface area contributed by atoms with Crippen molar-refractivity contribution in [3.63, 3.8) is 0 Å². The van der Waals surface area contributed by atoms with Crippen molar-refractivity contribution < 1.29 is 0 Å². The van der Waals surface area contributed by atoms with Crippen molar-refractivity contribution in [1.82, 2.24) is 9.38 Å². The lowest BCUT2D eigenvalue weighted by atomic mass is 10.2. The van der Waals surface area contributed by atoms with E-state index in [1.54, 1.807) is 6.07 Å². The molecule has 0 fully saturated rings. The maximum absolute atomic E-state index is 9.19. The van der Waals surface area contributed by atoms with E-state index in [1.807, 2.05) is 49.4 Å². The van der Waals surface area contributed by atoms with Crippen LogP contribution in [0, 0.1) is 18.3 Å². The van der Waals surface area contributed by atoms with Crippen LogP contribution in [0.25, 0.3) is 16.7 Å². The number of fused-ring (bicyclic) bond motifs is 3. The van der Waals surface area contributed by atoms with Crippen LogP contribution in [-0.2, 0) is 0 Å². The predicted octanol–water partition coefficient (Wildman–Crippen LogP) is 4.35. The number of benzene rings is 1. The largest absolute Gasteiger partial charge is 0.282 e. The molecule has 0 amide bonds. The predicted molar refractivity (Wildman–Crippen MR) is 78.5 cm³/mol. The second-order valence-electron chi connectivity index (χ2n) is 3.90. The number of nitrogens with zero attached hydrogens (tertiary/aromatic N) is 3. The van der Waals surface area contributed by atoms with Gasteiger partial charge in [0.1, 0.15) is 11.2 Å². The minimum Gasteiger partial charge on any atom is -0.282 e. The molecule has 96 valence electrons. The van der Waals surface area contributed by atoms with Crippen LogP contribution in [0.15, 0.2) is 30.3 Å². The average Bonchev–Trinajstić information content (AvgIpc) is 2.80. The van der Waals surface area contributed by atoms with Gasteiger partial charge in [-0.1, -0.05) is 37.6 Å². The van der Waals surface area contributed by atoms with Crippen molar-refractivity contribution in [2.24, 2.45) is 0 Å². The Balaban J connectivity index is 0.000000637. The van der Waals surface area contributed by atoms with E-state index in [-0.39, 0.29) is 0 Å². The molecule has 0 radical (unpaired) electrons. The minimum atomic E-state index is 0.574. The van der Waals surface area contributed by atoms with Crippen molar-refractivity contribution in [2.45, 2.75) is 20.8 Å². The van der Waals surface area contributed by atoms with Crippen LogP contribution in [0.5, 0.6) is 0 Å². The van der Waals surface area contributed by atoms with Gasteiger partial charge in [-0.15, -0.1) is 0 Å². The first-order valence-corrected chi connectivity index (χ1v) is 6.56. The molecule has 0 saturated heterocycles. The first kappa shape index (κ1) is 13.4. The van der Waals surface area contributed by atoms with E-state index in [4.69, 9.17) is 11.6 Å². The summed E-state index contributed by atoms with van der Waals surface area (Å²) in [4.78, 5) is 4.46. The fourth-order valence-electron chi connectivity index (χ4n) is 2.04. The number of hydrogen-bond acceptors (Lipinski definition) is 2. The third-order valence-corrected chi connectivity index (χ3v) is 3.12. The SMILES string of the molecule is CC.Cc1cc(Cl)n2c(nc3ccccc32)c1C#N. The highest BCUT2D eigenvalue weighted by atomic mass is 35.5. The average molecular weight is 272 g/mol. The Morgan fingerprint density at radius 2 is 1.95 bits per heavy atom. The van der Waals surface area contributed by atoms with Crippen LogP contribution < -0.4 is 0 Å². The lowest BCUT2D eigenvalue weighted by molar-refractivity contribution is 1.19. The Hall–Kier alpha value is -2.05. The van der Waals surface area contributed by atoms with Gasteiger partial charge in [0.2, 0.25) is 0 Å². The Kier molecular flexibility index (Phi) is 3.73. The Morgan fingerprint density at radius 1 is 1.26 bits per heavy atom. The molecule has 0 aliphatic rings. The van der Waals surface area contributed by atoms with Crippen LogP contribution in [0.4, 0.5) is 0 Å². The van der Waals surface area contributed by atoms with Gasteiger partial charge >= 0.3 is 0 Å². The Labute approximate surface area is 117 Å². The highest BCUT2D eigenvalue weighted by Gasteiger charge is 2.13. The molecular formula is C15H14ClN3. The monoisotopic (exact) mass is 271 g/mol. The molecule has 0 bridgehead atoms. The summed E-state index contributed by atoms with van der Waals surface area (Å²) in [5.41, 5.74) is 3.81. The highest BCUT2D eigenvalue weighted by Crippen LogP contribution is 2.25. The van der Waals surface area contributed by atoms with Crippen LogP contribution in [0.3, 0.4) is 0 Å². The molecule has 0 aliphatic carbocycles. The van der Waals surface area contributed by atoms with Crippen molar-refractivity contribution in [3.8, 4) is 6.07 Å². The first-order valence-electron chi connectivity index (χ1n) is 6.19. The summed E-state index contributed by atoms with van der Waals surface area (Å²) >= 11 is 6.23. The van der Waals surface area contributed by atoms with Gasteiger partial charge in [-0.05, 0) is 30.7 Å². The highest BCUT2D eigenvalue weighted by molar-refractivity contribution is 6.30. The molecule has 1 aromatic carbocycles. The summed E-state index contributed by atoms with van der Waals surface area (Å²) in [6.07, 6.45) is 0. The molecule has 3 nitrogen and oxygen atoms in total. The maximum atomic E-state index is 9.19. The summed E-state index contributed by atoms with van der Waals surface area (Å²) in [6.45, 7) is 5.86. The van der Waals surface area contributed by atoms with E-state index < -0.39 is 0 Å². The van der Waals surface area contributed by atoms with E-state index in [0.29, 0.717) is 16.4 Å².